The van der Waals surface area contributed by atoms with Gasteiger partial charge in [-0.15, -0.1) is 0 Å². The topological polar surface area (TPSA) is 86.7 Å². The van der Waals surface area contributed by atoms with E-state index in [9.17, 15) is 13.6 Å². The van der Waals surface area contributed by atoms with Crippen LogP contribution in [0.3, 0.4) is 0 Å². The van der Waals surface area contributed by atoms with Gasteiger partial charge in [-0.2, -0.15) is 0 Å². The van der Waals surface area contributed by atoms with Crippen LogP contribution < -0.4 is 4.74 Å². The van der Waals surface area contributed by atoms with Crippen molar-refractivity contribution in [2.45, 2.75) is 4.90 Å². The largest absolute Gasteiger partial charge is 0.768 e. The summed E-state index contributed by atoms with van der Waals surface area (Å²) in [7, 11) is 1.32. The molecule has 0 aromatic heterocycles. The lowest BCUT2D eigenvalue weighted by molar-refractivity contribution is 0.0693. The van der Waals surface area contributed by atoms with Crippen LogP contribution in [-0.4, -0.2) is 26.9 Å². The van der Waals surface area contributed by atoms with Crippen molar-refractivity contribution in [3.63, 3.8) is 0 Å². The van der Waals surface area contributed by atoms with Gasteiger partial charge in [0.15, 0.2) is 0 Å². The summed E-state index contributed by atoms with van der Waals surface area (Å²) in [6.07, 6.45) is 0. The average Bonchev–Trinajstić information content (AvgIpc) is 2.16. The fourth-order valence-corrected chi connectivity index (χ4v) is 1.35. The number of rotatable bonds is 3. The number of carboxylic acids is 1. The second-order valence-electron chi connectivity index (χ2n) is 2.40. The van der Waals surface area contributed by atoms with Crippen molar-refractivity contribution < 1.29 is 23.4 Å². The van der Waals surface area contributed by atoms with E-state index in [0.717, 1.165) is 6.07 Å². The molecule has 0 spiro atoms. The first-order chi connectivity index (χ1) is 6.56. The van der Waals surface area contributed by atoms with Crippen LogP contribution in [0.1, 0.15) is 10.4 Å². The number of hydrogen-bond acceptors (Lipinski definition) is 4. The summed E-state index contributed by atoms with van der Waals surface area (Å²) in [6, 6.07) is 3.62. The predicted molar refractivity (Wildman–Crippen MR) is 47.1 cm³/mol. The highest BCUT2D eigenvalue weighted by Gasteiger charge is 2.11. The highest BCUT2D eigenvalue weighted by Crippen LogP contribution is 2.20. The summed E-state index contributed by atoms with van der Waals surface area (Å²) in [5.74, 6) is -1.10. The van der Waals surface area contributed by atoms with Crippen molar-refractivity contribution in [3.8, 4) is 5.75 Å². The second kappa shape index (κ2) is 4.21. The smallest absolute Gasteiger partial charge is 0.339 e. The van der Waals surface area contributed by atoms with Crippen LogP contribution in [-0.2, 0) is 11.1 Å². The molecular weight excluding hydrogens is 208 g/mol. The lowest BCUT2D eigenvalue weighted by Gasteiger charge is -2.09. The molecule has 0 amide bonds. The predicted octanol–water partition coefficient (Wildman–Crippen LogP) is 0.631. The standard InChI is InChI=1S/C8H8O5S/c1-13-7-3-2-5(14(11)12)4-6(7)8(9)10/h2-4H,1H3,(H,9,10)(H,11,12)/p-1. The third-order valence-electron chi connectivity index (χ3n) is 1.59. The molecule has 0 bridgehead atoms. The van der Waals surface area contributed by atoms with Crippen LogP contribution >= 0.6 is 0 Å². The molecule has 1 unspecified atom stereocenters. The van der Waals surface area contributed by atoms with E-state index in [-0.39, 0.29) is 16.2 Å². The monoisotopic (exact) mass is 215 g/mol. The molecule has 1 aromatic rings. The molecule has 1 atom stereocenters. The number of benzene rings is 1. The fourth-order valence-electron chi connectivity index (χ4n) is 0.958. The van der Waals surface area contributed by atoms with Gasteiger partial charge in [-0.3, -0.25) is 4.21 Å². The zero-order valence-corrected chi connectivity index (χ0v) is 8.04. The van der Waals surface area contributed by atoms with Gasteiger partial charge < -0.3 is 14.4 Å². The molecule has 1 rings (SSSR count). The zero-order valence-electron chi connectivity index (χ0n) is 7.22. The molecule has 0 radical (unpaired) electrons. The van der Waals surface area contributed by atoms with Gasteiger partial charge in [0.1, 0.15) is 11.3 Å². The average molecular weight is 215 g/mol. The van der Waals surface area contributed by atoms with Crippen molar-refractivity contribution in [2.75, 3.05) is 7.11 Å². The van der Waals surface area contributed by atoms with Crippen LogP contribution in [0.15, 0.2) is 23.1 Å². The van der Waals surface area contributed by atoms with E-state index in [1.807, 2.05) is 0 Å². The van der Waals surface area contributed by atoms with Gasteiger partial charge in [0.25, 0.3) is 0 Å². The minimum absolute atomic E-state index is 0.0804. The summed E-state index contributed by atoms with van der Waals surface area (Å²) in [6.45, 7) is 0. The maximum absolute atomic E-state index is 10.7. The number of methoxy groups -OCH3 is 1. The number of carboxylic acid groups (broad SMARTS) is 1. The summed E-state index contributed by atoms with van der Waals surface area (Å²) in [4.78, 5) is 10.6. The molecule has 14 heavy (non-hydrogen) atoms. The maximum atomic E-state index is 10.7. The zero-order chi connectivity index (χ0) is 10.7. The Balaban J connectivity index is 3.27. The molecule has 76 valence electrons. The van der Waals surface area contributed by atoms with Crippen molar-refractivity contribution >= 4 is 17.0 Å². The summed E-state index contributed by atoms with van der Waals surface area (Å²) in [5.41, 5.74) is -0.172. The Morgan fingerprint density at radius 2 is 2.21 bits per heavy atom. The molecule has 1 N–H and O–H groups in total. The van der Waals surface area contributed by atoms with E-state index in [1.165, 1.54) is 19.2 Å². The Labute approximate surface area is 82.6 Å². The van der Waals surface area contributed by atoms with Gasteiger partial charge in [0.05, 0.1) is 7.11 Å². The molecule has 0 fully saturated rings. The second-order valence-corrected chi connectivity index (χ2v) is 3.34. The van der Waals surface area contributed by atoms with Gasteiger partial charge in [-0.25, -0.2) is 4.79 Å². The Hall–Kier alpha value is -1.40. The molecule has 0 aliphatic carbocycles. The molecule has 1 aromatic carbocycles. The molecule has 0 heterocycles. The van der Waals surface area contributed by atoms with Crippen molar-refractivity contribution in [2.24, 2.45) is 0 Å². The first-order valence-corrected chi connectivity index (χ1v) is 4.64. The van der Waals surface area contributed by atoms with Gasteiger partial charge in [-0.1, -0.05) is 0 Å². The van der Waals surface area contributed by atoms with E-state index in [4.69, 9.17) is 9.84 Å². The third kappa shape index (κ3) is 2.09. The number of ether oxygens (including phenoxy) is 1. The third-order valence-corrected chi connectivity index (χ3v) is 2.23. The van der Waals surface area contributed by atoms with Crippen LogP contribution in [0, 0.1) is 0 Å². The fraction of sp³-hybridized carbons (Fsp3) is 0.125. The van der Waals surface area contributed by atoms with Crippen LogP contribution in [0.2, 0.25) is 0 Å². The highest BCUT2D eigenvalue weighted by molar-refractivity contribution is 7.79. The van der Waals surface area contributed by atoms with Gasteiger partial charge >= 0.3 is 5.97 Å². The minimum atomic E-state index is -2.43. The molecule has 0 aliphatic rings. The van der Waals surface area contributed by atoms with Crippen LogP contribution in [0.25, 0.3) is 0 Å². The molecule has 6 heteroatoms. The number of carbonyl (C=O) groups is 1. The number of aromatic carboxylic acids is 1. The lowest BCUT2D eigenvalue weighted by atomic mass is 10.2. The van der Waals surface area contributed by atoms with Gasteiger partial charge in [-0.05, 0) is 29.3 Å². The summed E-state index contributed by atoms with van der Waals surface area (Å²) >= 11 is -2.43. The minimum Gasteiger partial charge on any atom is -0.768 e. The molecule has 5 nitrogen and oxygen atoms in total. The van der Waals surface area contributed by atoms with E-state index < -0.39 is 17.0 Å². The van der Waals surface area contributed by atoms with E-state index >= 15 is 0 Å². The van der Waals surface area contributed by atoms with E-state index in [2.05, 4.69) is 0 Å². The Morgan fingerprint density at radius 1 is 1.57 bits per heavy atom. The SMILES string of the molecule is COc1ccc(S(=O)[O-])cc1C(=O)O. The first kappa shape index (κ1) is 10.7. The van der Waals surface area contributed by atoms with Crippen LogP contribution in [0.5, 0.6) is 5.75 Å². The van der Waals surface area contributed by atoms with Gasteiger partial charge in [0.2, 0.25) is 0 Å². The van der Waals surface area contributed by atoms with Gasteiger partial charge in [0, 0.05) is 4.90 Å². The summed E-state index contributed by atoms with van der Waals surface area (Å²) in [5, 5.41) is 8.72. The van der Waals surface area contributed by atoms with Crippen molar-refractivity contribution in [3.05, 3.63) is 23.8 Å². The molecule has 0 aliphatic heterocycles. The highest BCUT2D eigenvalue weighted by atomic mass is 32.2. The van der Waals surface area contributed by atoms with E-state index in [1.54, 1.807) is 0 Å². The molecule has 0 saturated heterocycles. The Bertz CT molecular complexity index is 387. The van der Waals surface area contributed by atoms with Crippen molar-refractivity contribution in [1.82, 2.24) is 0 Å². The Kier molecular flexibility index (Phi) is 3.21. The summed E-state index contributed by atoms with van der Waals surface area (Å²) < 4.78 is 25.8. The van der Waals surface area contributed by atoms with Crippen LogP contribution in [0.4, 0.5) is 0 Å². The molecule has 0 saturated carbocycles. The number of hydrogen-bond donors (Lipinski definition) is 1. The molecular formula is C8H7O5S-. The quantitative estimate of drug-likeness (QED) is 0.747. The van der Waals surface area contributed by atoms with E-state index in [0.29, 0.717) is 0 Å². The lowest BCUT2D eigenvalue weighted by Crippen LogP contribution is -2.02. The first-order valence-electron chi connectivity index (χ1n) is 3.57. The Morgan fingerprint density at radius 3 is 2.64 bits per heavy atom. The normalized spacial score (nSPS) is 12.1. The van der Waals surface area contributed by atoms with Crippen molar-refractivity contribution in [1.29, 1.82) is 0 Å². The maximum Gasteiger partial charge on any atom is 0.339 e.